The summed E-state index contributed by atoms with van der Waals surface area (Å²) in [5.74, 6) is -0.870. The zero-order valence-corrected chi connectivity index (χ0v) is 13.0. The van der Waals surface area contributed by atoms with Crippen molar-refractivity contribution in [2.24, 2.45) is 17.3 Å². The largest absolute Gasteiger partial charge is 0.469 e. The van der Waals surface area contributed by atoms with Gasteiger partial charge in [-0.15, -0.1) is 0 Å². The lowest BCUT2D eigenvalue weighted by Crippen LogP contribution is -2.39. The summed E-state index contributed by atoms with van der Waals surface area (Å²) >= 11 is 0. The second-order valence-electron chi connectivity index (χ2n) is 6.67. The van der Waals surface area contributed by atoms with Crippen LogP contribution < -0.4 is 4.90 Å². The summed E-state index contributed by atoms with van der Waals surface area (Å²) in [7, 11) is 1.36. The first kappa shape index (κ1) is 15.5. The van der Waals surface area contributed by atoms with Gasteiger partial charge in [-0.3, -0.25) is 14.6 Å². The fourth-order valence-corrected chi connectivity index (χ4v) is 2.36. The van der Waals surface area contributed by atoms with Crippen LogP contribution in [0.4, 0.5) is 5.69 Å². The van der Waals surface area contributed by atoms with Gasteiger partial charge in [0.15, 0.2) is 0 Å². The normalized spacial score (nSPS) is 20.8. The van der Waals surface area contributed by atoms with E-state index in [-0.39, 0.29) is 29.1 Å². The zero-order chi connectivity index (χ0) is 15.6. The number of ether oxygens (including phenoxy) is 1. The van der Waals surface area contributed by atoms with Crippen molar-refractivity contribution in [2.45, 2.75) is 27.2 Å². The number of hydrogen-bond donors (Lipinski definition) is 0. The van der Waals surface area contributed by atoms with Gasteiger partial charge in [0, 0.05) is 12.7 Å². The Morgan fingerprint density at radius 2 is 2.10 bits per heavy atom. The lowest BCUT2D eigenvalue weighted by atomic mass is 9.95. The number of pyridine rings is 1. The lowest BCUT2D eigenvalue weighted by molar-refractivity contribution is -0.143. The van der Waals surface area contributed by atoms with Crippen molar-refractivity contribution >= 4 is 17.6 Å². The van der Waals surface area contributed by atoms with Crippen molar-refractivity contribution in [3.8, 4) is 0 Å². The zero-order valence-electron chi connectivity index (χ0n) is 13.0. The van der Waals surface area contributed by atoms with Crippen molar-refractivity contribution in [2.75, 3.05) is 18.6 Å². The van der Waals surface area contributed by atoms with E-state index in [4.69, 9.17) is 4.74 Å². The van der Waals surface area contributed by atoms with Crippen LogP contribution in [0.3, 0.4) is 0 Å². The van der Waals surface area contributed by atoms with Gasteiger partial charge in [-0.1, -0.05) is 20.8 Å². The molecule has 5 nitrogen and oxygen atoms in total. The van der Waals surface area contributed by atoms with Crippen molar-refractivity contribution in [3.05, 3.63) is 24.5 Å². The van der Waals surface area contributed by atoms with Gasteiger partial charge in [0.2, 0.25) is 5.91 Å². The number of anilines is 1. The lowest BCUT2D eigenvalue weighted by Gasteiger charge is -2.30. The summed E-state index contributed by atoms with van der Waals surface area (Å²) in [6, 6.07) is 3.68. The first-order valence-corrected chi connectivity index (χ1v) is 7.13. The highest BCUT2D eigenvalue weighted by Gasteiger charge is 2.50. The van der Waals surface area contributed by atoms with E-state index in [1.807, 2.05) is 12.1 Å². The average Bonchev–Trinajstić information content (AvgIpc) is 3.23. The van der Waals surface area contributed by atoms with Gasteiger partial charge in [0.25, 0.3) is 0 Å². The number of carbonyl (C=O) groups is 2. The van der Waals surface area contributed by atoms with Crippen LogP contribution in [0.15, 0.2) is 24.5 Å². The van der Waals surface area contributed by atoms with Crippen molar-refractivity contribution in [1.82, 2.24) is 4.98 Å². The van der Waals surface area contributed by atoms with Crippen molar-refractivity contribution < 1.29 is 14.3 Å². The number of esters is 1. The molecule has 0 bridgehead atoms. The van der Waals surface area contributed by atoms with E-state index >= 15 is 0 Å². The van der Waals surface area contributed by atoms with E-state index in [0.29, 0.717) is 13.0 Å². The molecule has 1 fully saturated rings. The van der Waals surface area contributed by atoms with Crippen LogP contribution in [-0.2, 0) is 14.3 Å². The first-order chi connectivity index (χ1) is 9.83. The molecule has 1 aromatic rings. The summed E-state index contributed by atoms with van der Waals surface area (Å²) < 4.78 is 4.72. The van der Waals surface area contributed by atoms with Gasteiger partial charge in [-0.25, -0.2) is 0 Å². The standard InChI is InChI=1S/C16H22N2O3/c1-16(2,3)10-18(11-6-5-7-17-9-11)14(19)12-8-13(12)15(20)21-4/h5-7,9,12-13H,8,10H2,1-4H3/t12-,13-/m0/s1. The Morgan fingerprint density at radius 1 is 1.38 bits per heavy atom. The average molecular weight is 290 g/mol. The predicted octanol–water partition coefficient (Wildman–Crippen LogP) is 2.27. The van der Waals surface area contributed by atoms with Gasteiger partial charge in [0.1, 0.15) is 0 Å². The molecule has 0 aliphatic heterocycles. The van der Waals surface area contributed by atoms with Crippen LogP contribution in [0.25, 0.3) is 0 Å². The summed E-state index contributed by atoms with van der Waals surface area (Å²) in [5, 5.41) is 0. The van der Waals surface area contributed by atoms with Crippen LogP contribution in [0.5, 0.6) is 0 Å². The Kier molecular flexibility index (Phi) is 4.30. The first-order valence-electron chi connectivity index (χ1n) is 7.13. The molecule has 5 heteroatoms. The Morgan fingerprint density at radius 3 is 2.62 bits per heavy atom. The minimum absolute atomic E-state index is 0.0201. The summed E-state index contributed by atoms with van der Waals surface area (Å²) in [6.45, 7) is 6.82. The maximum absolute atomic E-state index is 12.7. The molecule has 114 valence electrons. The molecular formula is C16H22N2O3. The fraction of sp³-hybridized carbons (Fsp3) is 0.562. The third-order valence-corrected chi connectivity index (χ3v) is 3.47. The van der Waals surface area contributed by atoms with Gasteiger partial charge in [-0.2, -0.15) is 0 Å². The number of amides is 1. The molecule has 0 unspecified atom stereocenters. The van der Waals surface area contributed by atoms with Gasteiger partial charge < -0.3 is 9.64 Å². The molecule has 0 N–H and O–H groups in total. The quantitative estimate of drug-likeness (QED) is 0.798. The van der Waals surface area contributed by atoms with Crippen LogP contribution in [0.1, 0.15) is 27.2 Å². The Hall–Kier alpha value is -1.91. The molecule has 2 rings (SSSR count). The maximum Gasteiger partial charge on any atom is 0.309 e. The Labute approximate surface area is 125 Å². The van der Waals surface area contributed by atoms with Crippen molar-refractivity contribution in [1.29, 1.82) is 0 Å². The van der Waals surface area contributed by atoms with Crippen LogP contribution in [0.2, 0.25) is 0 Å². The van der Waals surface area contributed by atoms with E-state index in [1.165, 1.54) is 7.11 Å². The van der Waals surface area contributed by atoms with Crippen LogP contribution >= 0.6 is 0 Å². The molecule has 0 aromatic carbocycles. The third kappa shape index (κ3) is 3.80. The van der Waals surface area contributed by atoms with Gasteiger partial charge >= 0.3 is 5.97 Å². The highest BCUT2D eigenvalue weighted by molar-refractivity contribution is 6.00. The SMILES string of the molecule is COC(=O)[C@H]1C[C@@H]1C(=O)N(CC(C)(C)C)c1cccnc1. The van der Waals surface area contributed by atoms with Crippen LogP contribution in [-0.4, -0.2) is 30.5 Å². The second kappa shape index (κ2) is 5.84. The molecule has 1 saturated carbocycles. The van der Waals surface area contributed by atoms with E-state index in [9.17, 15) is 9.59 Å². The molecular weight excluding hydrogens is 268 g/mol. The van der Waals surface area contributed by atoms with Crippen molar-refractivity contribution in [3.63, 3.8) is 0 Å². The maximum atomic E-state index is 12.7. The number of carbonyl (C=O) groups excluding carboxylic acids is 2. The Balaban J connectivity index is 2.17. The number of aromatic nitrogens is 1. The molecule has 0 radical (unpaired) electrons. The summed E-state index contributed by atoms with van der Waals surface area (Å²) in [4.78, 5) is 30.1. The molecule has 0 spiro atoms. The molecule has 1 heterocycles. The minimum atomic E-state index is -0.296. The monoisotopic (exact) mass is 290 g/mol. The highest BCUT2D eigenvalue weighted by Crippen LogP contribution is 2.42. The van der Waals surface area contributed by atoms with E-state index < -0.39 is 0 Å². The molecule has 21 heavy (non-hydrogen) atoms. The van der Waals surface area contributed by atoms with Gasteiger partial charge in [-0.05, 0) is 24.0 Å². The van der Waals surface area contributed by atoms with Gasteiger partial charge in [0.05, 0.1) is 30.8 Å². The summed E-state index contributed by atoms with van der Waals surface area (Å²) in [5.41, 5.74) is 0.731. The summed E-state index contributed by atoms with van der Waals surface area (Å²) in [6.07, 6.45) is 3.93. The minimum Gasteiger partial charge on any atom is -0.469 e. The van der Waals surface area contributed by atoms with E-state index in [1.54, 1.807) is 17.3 Å². The molecule has 1 aromatic heterocycles. The smallest absolute Gasteiger partial charge is 0.309 e. The molecule has 0 saturated heterocycles. The molecule has 1 aliphatic carbocycles. The molecule has 1 aliphatic rings. The highest BCUT2D eigenvalue weighted by atomic mass is 16.5. The predicted molar refractivity (Wildman–Crippen MR) is 79.7 cm³/mol. The second-order valence-corrected chi connectivity index (χ2v) is 6.67. The third-order valence-electron chi connectivity index (χ3n) is 3.47. The van der Waals surface area contributed by atoms with E-state index in [0.717, 1.165) is 5.69 Å². The number of nitrogens with zero attached hydrogens (tertiary/aromatic N) is 2. The Bertz CT molecular complexity index is 522. The van der Waals surface area contributed by atoms with Crippen LogP contribution in [0, 0.1) is 17.3 Å². The fourth-order valence-electron chi connectivity index (χ4n) is 2.36. The number of methoxy groups -OCH3 is 1. The van der Waals surface area contributed by atoms with E-state index in [2.05, 4.69) is 25.8 Å². The topological polar surface area (TPSA) is 59.5 Å². The molecule has 2 atom stereocenters. The molecule has 1 amide bonds. The number of rotatable bonds is 4. The number of hydrogen-bond acceptors (Lipinski definition) is 4.